The third kappa shape index (κ3) is 8.76. The van der Waals surface area contributed by atoms with E-state index in [1.165, 1.54) is 0 Å². The van der Waals surface area contributed by atoms with Gasteiger partial charge in [0.2, 0.25) is 5.91 Å². The SMILES string of the molecule is O=C(N[C@@H](Cc1ccccc1)C(=O)N[C@@H]1CCOP(=O)(N(CCCl)CCCl)N1)OCc1ccccc1. The Kier molecular flexibility index (Phi) is 11.5. The van der Waals surface area contributed by atoms with Crippen molar-refractivity contribution >= 4 is 42.9 Å². The van der Waals surface area contributed by atoms with E-state index in [-0.39, 0.29) is 31.4 Å². The van der Waals surface area contributed by atoms with Crippen molar-refractivity contribution in [2.45, 2.75) is 31.7 Å². The maximum atomic E-state index is 13.4. The Hall–Kier alpha value is -2.13. The molecule has 2 aromatic rings. The molecule has 3 atom stereocenters. The van der Waals surface area contributed by atoms with Crippen molar-refractivity contribution in [1.82, 2.24) is 20.4 Å². The predicted molar refractivity (Wildman–Crippen MR) is 140 cm³/mol. The molecule has 0 saturated carbocycles. The fourth-order valence-electron chi connectivity index (χ4n) is 3.67. The van der Waals surface area contributed by atoms with E-state index in [1.54, 1.807) is 4.67 Å². The van der Waals surface area contributed by atoms with Gasteiger partial charge in [-0.2, -0.15) is 0 Å². The van der Waals surface area contributed by atoms with Crippen molar-refractivity contribution in [3.05, 3.63) is 71.8 Å². The highest BCUT2D eigenvalue weighted by molar-refractivity contribution is 7.54. The normalized spacial score (nSPS) is 20.5. The number of amides is 2. The summed E-state index contributed by atoms with van der Waals surface area (Å²) in [6, 6.07) is 17.7. The second-order valence-electron chi connectivity index (χ2n) is 8.11. The van der Waals surface area contributed by atoms with Gasteiger partial charge < -0.3 is 19.9 Å². The number of alkyl halides is 2. The van der Waals surface area contributed by atoms with E-state index in [4.69, 9.17) is 32.5 Å². The van der Waals surface area contributed by atoms with Gasteiger partial charge in [-0.3, -0.25) is 9.36 Å². The van der Waals surface area contributed by atoms with Crippen LogP contribution in [0.5, 0.6) is 0 Å². The van der Waals surface area contributed by atoms with Gasteiger partial charge in [-0.05, 0) is 11.1 Å². The highest BCUT2D eigenvalue weighted by Gasteiger charge is 2.38. The zero-order valence-corrected chi connectivity index (χ0v) is 22.2. The van der Waals surface area contributed by atoms with Gasteiger partial charge >= 0.3 is 13.8 Å². The first-order valence-corrected chi connectivity index (χ1v) is 14.3. The molecule has 0 spiro atoms. The number of carbonyl (C=O) groups excluding carboxylic acids is 2. The predicted octanol–water partition coefficient (Wildman–Crippen LogP) is 3.86. The largest absolute Gasteiger partial charge is 0.445 e. The molecule has 0 bridgehead atoms. The molecule has 2 amide bonds. The Morgan fingerprint density at radius 1 is 1.06 bits per heavy atom. The molecule has 0 aromatic heterocycles. The summed E-state index contributed by atoms with van der Waals surface area (Å²) in [4.78, 5) is 25.8. The molecular weight excluding hydrogens is 526 g/mol. The minimum atomic E-state index is -3.45. The zero-order chi connectivity index (χ0) is 25.8. The van der Waals surface area contributed by atoms with Crippen molar-refractivity contribution in [2.24, 2.45) is 0 Å². The third-order valence-electron chi connectivity index (χ3n) is 5.47. The van der Waals surface area contributed by atoms with E-state index in [9.17, 15) is 14.2 Å². The van der Waals surface area contributed by atoms with E-state index < -0.39 is 31.9 Å². The Morgan fingerprint density at radius 3 is 2.28 bits per heavy atom. The second kappa shape index (κ2) is 14.6. The van der Waals surface area contributed by atoms with Crippen LogP contribution < -0.4 is 15.7 Å². The molecular formula is C24H31Cl2N4O5P. The molecule has 1 aliphatic heterocycles. The topological polar surface area (TPSA) is 109 Å². The Bertz CT molecular complexity index is 1010. The summed E-state index contributed by atoms with van der Waals surface area (Å²) in [5, 5.41) is 8.43. The first kappa shape index (κ1) is 28.4. The van der Waals surface area contributed by atoms with Crippen molar-refractivity contribution in [2.75, 3.05) is 31.5 Å². The van der Waals surface area contributed by atoms with Gasteiger partial charge in [0.15, 0.2) is 0 Å². The molecule has 12 heteroatoms. The molecule has 1 unspecified atom stereocenters. The Morgan fingerprint density at radius 2 is 1.67 bits per heavy atom. The lowest BCUT2D eigenvalue weighted by atomic mass is 10.1. The second-order valence-corrected chi connectivity index (χ2v) is 11.0. The minimum Gasteiger partial charge on any atom is -0.445 e. The summed E-state index contributed by atoms with van der Waals surface area (Å²) in [7, 11) is -3.45. The number of hydrogen-bond acceptors (Lipinski definition) is 5. The van der Waals surface area contributed by atoms with Gasteiger partial charge in [0.05, 0.1) is 12.8 Å². The van der Waals surface area contributed by atoms with Gasteiger partial charge in [-0.1, -0.05) is 60.7 Å². The van der Waals surface area contributed by atoms with Crippen LogP contribution in [0.4, 0.5) is 4.79 Å². The number of benzene rings is 2. The molecule has 1 aliphatic rings. The fraction of sp³-hybridized carbons (Fsp3) is 0.417. The lowest BCUT2D eigenvalue weighted by Gasteiger charge is -2.37. The van der Waals surface area contributed by atoms with Crippen LogP contribution in [-0.4, -0.2) is 60.3 Å². The van der Waals surface area contributed by atoms with Crippen molar-refractivity contribution in [3.8, 4) is 0 Å². The Labute approximate surface area is 221 Å². The van der Waals surface area contributed by atoms with Crippen LogP contribution in [0.2, 0.25) is 0 Å². The van der Waals surface area contributed by atoms with Crippen molar-refractivity contribution in [3.63, 3.8) is 0 Å². The van der Waals surface area contributed by atoms with Crippen LogP contribution in [0.15, 0.2) is 60.7 Å². The van der Waals surface area contributed by atoms with Crippen LogP contribution in [0.3, 0.4) is 0 Å². The summed E-state index contributed by atoms with van der Waals surface area (Å²) in [6.45, 7) is 0.871. The lowest BCUT2D eigenvalue weighted by Crippen LogP contribution is -2.56. The third-order valence-corrected chi connectivity index (χ3v) is 8.12. The monoisotopic (exact) mass is 556 g/mol. The summed E-state index contributed by atoms with van der Waals surface area (Å²) in [5.74, 6) is 0.0523. The van der Waals surface area contributed by atoms with Gasteiger partial charge in [-0.15, -0.1) is 23.2 Å². The molecule has 36 heavy (non-hydrogen) atoms. The van der Waals surface area contributed by atoms with Gasteiger partial charge in [0, 0.05) is 37.7 Å². The van der Waals surface area contributed by atoms with Crippen LogP contribution in [-0.2, 0) is 31.6 Å². The highest BCUT2D eigenvalue weighted by Crippen LogP contribution is 2.49. The summed E-state index contributed by atoms with van der Waals surface area (Å²) >= 11 is 11.7. The first-order valence-electron chi connectivity index (χ1n) is 11.6. The van der Waals surface area contributed by atoms with E-state index in [2.05, 4.69) is 15.7 Å². The van der Waals surface area contributed by atoms with Gasteiger partial charge in [-0.25, -0.2) is 14.6 Å². The van der Waals surface area contributed by atoms with Gasteiger partial charge in [0.1, 0.15) is 12.6 Å². The van der Waals surface area contributed by atoms with E-state index in [1.807, 2.05) is 60.7 Å². The molecule has 2 aromatic carbocycles. The van der Waals surface area contributed by atoms with Crippen molar-refractivity contribution < 1.29 is 23.4 Å². The molecule has 9 nitrogen and oxygen atoms in total. The number of nitrogens with zero attached hydrogens (tertiary/aromatic N) is 1. The number of rotatable bonds is 12. The summed E-state index contributed by atoms with van der Waals surface area (Å²) < 4.78 is 25.8. The quantitative estimate of drug-likeness (QED) is 0.269. The minimum absolute atomic E-state index is 0.0774. The summed E-state index contributed by atoms with van der Waals surface area (Å²) in [5.41, 5.74) is 1.69. The maximum absolute atomic E-state index is 13.4. The molecule has 0 radical (unpaired) electrons. The number of halogens is 2. The molecule has 1 saturated heterocycles. The standard InChI is InChI=1S/C24H31Cl2N4O5P/c25-12-14-30(15-13-26)36(33)29-22(11-16-35-36)28-23(31)21(17-19-7-3-1-4-8-19)27-24(32)34-18-20-9-5-2-6-10-20/h1-10,21-22H,11-18H2,(H,27,32)(H,28,31)(H,29,33)/t21-,22-,36?/m0/s1. The number of hydrogen-bond donors (Lipinski definition) is 3. The van der Waals surface area contributed by atoms with E-state index >= 15 is 0 Å². The number of ether oxygens (including phenoxy) is 1. The van der Waals surface area contributed by atoms with Crippen LogP contribution >= 0.6 is 30.9 Å². The smallest absolute Gasteiger partial charge is 0.408 e. The van der Waals surface area contributed by atoms with Crippen LogP contribution in [0.25, 0.3) is 0 Å². The number of nitrogens with one attached hydrogen (secondary N) is 3. The highest BCUT2D eigenvalue weighted by atomic mass is 35.5. The molecule has 3 rings (SSSR count). The number of alkyl carbamates (subject to hydrolysis) is 1. The Balaban J connectivity index is 1.65. The average Bonchev–Trinajstić information content (AvgIpc) is 2.88. The fourth-order valence-corrected chi connectivity index (χ4v) is 6.38. The zero-order valence-electron chi connectivity index (χ0n) is 19.8. The molecule has 3 N–H and O–H groups in total. The molecule has 0 aliphatic carbocycles. The van der Waals surface area contributed by atoms with E-state index in [0.29, 0.717) is 19.5 Å². The van der Waals surface area contributed by atoms with Crippen molar-refractivity contribution in [1.29, 1.82) is 0 Å². The van der Waals surface area contributed by atoms with Crippen LogP contribution in [0.1, 0.15) is 17.5 Å². The average molecular weight is 557 g/mol. The molecule has 1 heterocycles. The van der Waals surface area contributed by atoms with Crippen LogP contribution in [0, 0.1) is 0 Å². The van der Waals surface area contributed by atoms with E-state index in [0.717, 1.165) is 11.1 Å². The molecule has 196 valence electrons. The first-order chi connectivity index (χ1) is 17.4. The molecule has 1 fully saturated rings. The van der Waals surface area contributed by atoms with Gasteiger partial charge in [0.25, 0.3) is 0 Å². The lowest BCUT2D eigenvalue weighted by molar-refractivity contribution is -0.124. The summed E-state index contributed by atoms with van der Waals surface area (Å²) in [6.07, 6.45) is -0.706. The maximum Gasteiger partial charge on any atom is 0.408 e. The number of carbonyl (C=O) groups is 2.